The Morgan fingerprint density at radius 1 is 1.07 bits per heavy atom. The minimum Gasteiger partial charge on any atom is -0.507 e. The molecule has 0 fully saturated rings. The predicted octanol–water partition coefficient (Wildman–Crippen LogP) is 2.65. The summed E-state index contributed by atoms with van der Waals surface area (Å²) in [6, 6.07) is 7.84. The zero-order valence-electron chi connectivity index (χ0n) is 7.14. The molecule has 2 aromatic rings. The van der Waals surface area contributed by atoms with Crippen molar-refractivity contribution < 1.29 is 10.2 Å². The zero-order chi connectivity index (χ0) is 10.1. The van der Waals surface area contributed by atoms with Gasteiger partial charge in [-0.05, 0) is 5.18 Å². The summed E-state index contributed by atoms with van der Waals surface area (Å²) < 4.78 is 0. The standard InChI is InChI=1S/C10H7NO3/c12-9-5-8(11-14)10(13)7-4-2-1-3-6(7)9/h1-5,12-13H. The van der Waals surface area contributed by atoms with Crippen molar-refractivity contribution in [2.24, 2.45) is 5.18 Å². The number of hydrogen-bond acceptors (Lipinski definition) is 4. The van der Waals surface area contributed by atoms with E-state index in [1.807, 2.05) is 0 Å². The second kappa shape index (κ2) is 2.99. The molecular weight excluding hydrogens is 182 g/mol. The first-order valence-corrected chi connectivity index (χ1v) is 4.01. The minimum absolute atomic E-state index is 0.0620. The Hall–Kier alpha value is -2.10. The lowest BCUT2D eigenvalue weighted by molar-refractivity contribution is 0.471. The van der Waals surface area contributed by atoms with Crippen molar-refractivity contribution in [2.75, 3.05) is 0 Å². The van der Waals surface area contributed by atoms with Crippen LogP contribution in [0.2, 0.25) is 0 Å². The van der Waals surface area contributed by atoms with E-state index in [4.69, 9.17) is 0 Å². The van der Waals surface area contributed by atoms with Gasteiger partial charge in [0.1, 0.15) is 5.75 Å². The fourth-order valence-corrected chi connectivity index (χ4v) is 1.40. The molecule has 0 saturated carbocycles. The monoisotopic (exact) mass is 189 g/mol. The van der Waals surface area contributed by atoms with Gasteiger partial charge < -0.3 is 10.2 Å². The molecule has 4 nitrogen and oxygen atoms in total. The first-order chi connectivity index (χ1) is 6.74. The fraction of sp³-hybridized carbons (Fsp3) is 0. The summed E-state index contributed by atoms with van der Waals surface area (Å²) in [5.41, 5.74) is -0.152. The van der Waals surface area contributed by atoms with Crippen LogP contribution < -0.4 is 0 Å². The molecule has 0 unspecified atom stereocenters. The fourth-order valence-electron chi connectivity index (χ4n) is 1.40. The molecule has 0 aliphatic rings. The molecule has 0 heterocycles. The normalized spacial score (nSPS) is 10.3. The van der Waals surface area contributed by atoms with Gasteiger partial charge in [0.25, 0.3) is 0 Å². The van der Waals surface area contributed by atoms with Crippen molar-refractivity contribution in [1.29, 1.82) is 0 Å². The van der Waals surface area contributed by atoms with E-state index < -0.39 is 0 Å². The van der Waals surface area contributed by atoms with Crippen molar-refractivity contribution in [1.82, 2.24) is 0 Å². The summed E-state index contributed by atoms with van der Waals surface area (Å²) in [5, 5.41) is 22.6. The van der Waals surface area contributed by atoms with Gasteiger partial charge in [-0.25, -0.2) is 0 Å². The highest BCUT2D eigenvalue weighted by Gasteiger charge is 2.10. The summed E-state index contributed by atoms with van der Waals surface area (Å²) >= 11 is 0. The van der Waals surface area contributed by atoms with Crippen LogP contribution in [0, 0.1) is 4.91 Å². The smallest absolute Gasteiger partial charge is 0.153 e. The van der Waals surface area contributed by atoms with Crippen molar-refractivity contribution in [3.63, 3.8) is 0 Å². The van der Waals surface area contributed by atoms with E-state index >= 15 is 0 Å². The summed E-state index contributed by atoms with van der Waals surface area (Å²) in [5.74, 6) is -0.263. The van der Waals surface area contributed by atoms with Crippen molar-refractivity contribution in [2.45, 2.75) is 0 Å². The lowest BCUT2D eigenvalue weighted by atomic mass is 10.1. The first-order valence-electron chi connectivity index (χ1n) is 4.01. The van der Waals surface area contributed by atoms with Crippen LogP contribution in [0.25, 0.3) is 10.8 Å². The number of benzene rings is 2. The zero-order valence-corrected chi connectivity index (χ0v) is 7.14. The van der Waals surface area contributed by atoms with Crippen LogP contribution in [0.4, 0.5) is 5.69 Å². The highest BCUT2D eigenvalue weighted by atomic mass is 16.3. The molecule has 4 heteroatoms. The second-order valence-corrected chi connectivity index (χ2v) is 2.90. The maximum absolute atomic E-state index is 10.3. The van der Waals surface area contributed by atoms with E-state index in [1.54, 1.807) is 24.3 Å². The number of nitrogens with zero attached hydrogens (tertiary/aromatic N) is 1. The van der Waals surface area contributed by atoms with Gasteiger partial charge >= 0.3 is 0 Å². The van der Waals surface area contributed by atoms with E-state index in [9.17, 15) is 15.1 Å². The van der Waals surface area contributed by atoms with Crippen LogP contribution in [0.5, 0.6) is 11.5 Å². The SMILES string of the molecule is O=Nc1cc(O)c2ccccc2c1O. The van der Waals surface area contributed by atoms with Gasteiger partial charge in [0, 0.05) is 16.8 Å². The molecule has 0 aliphatic carbocycles. The van der Waals surface area contributed by atoms with Crippen LogP contribution >= 0.6 is 0 Å². The van der Waals surface area contributed by atoms with Crippen LogP contribution in [0.15, 0.2) is 35.5 Å². The van der Waals surface area contributed by atoms with Gasteiger partial charge in [-0.3, -0.25) is 0 Å². The molecule has 14 heavy (non-hydrogen) atoms. The van der Waals surface area contributed by atoms with Crippen LogP contribution in [0.1, 0.15) is 0 Å². The second-order valence-electron chi connectivity index (χ2n) is 2.90. The molecular formula is C10H7NO3. The molecule has 2 N–H and O–H groups in total. The van der Waals surface area contributed by atoms with E-state index in [0.717, 1.165) is 6.07 Å². The highest BCUT2D eigenvalue weighted by Crippen LogP contribution is 2.39. The van der Waals surface area contributed by atoms with Crippen molar-refractivity contribution in [3.05, 3.63) is 35.2 Å². The Bertz CT molecular complexity index is 508. The number of aromatic hydroxyl groups is 2. The van der Waals surface area contributed by atoms with Gasteiger partial charge in [-0.15, -0.1) is 4.91 Å². The van der Waals surface area contributed by atoms with E-state index in [0.29, 0.717) is 10.8 Å². The average Bonchev–Trinajstić information content (AvgIpc) is 2.23. The molecule has 0 aliphatic heterocycles. The number of fused-ring (bicyclic) bond motifs is 1. The maximum Gasteiger partial charge on any atom is 0.153 e. The topological polar surface area (TPSA) is 69.9 Å². The third-order valence-corrected chi connectivity index (χ3v) is 2.07. The third-order valence-electron chi connectivity index (χ3n) is 2.07. The Labute approximate surface area is 79.4 Å². The lowest BCUT2D eigenvalue weighted by Crippen LogP contribution is -1.76. The Morgan fingerprint density at radius 3 is 2.36 bits per heavy atom. The van der Waals surface area contributed by atoms with Crippen LogP contribution in [0.3, 0.4) is 0 Å². The molecule has 0 atom stereocenters. The molecule has 70 valence electrons. The molecule has 0 saturated heterocycles. The molecule has 2 aromatic carbocycles. The lowest BCUT2D eigenvalue weighted by Gasteiger charge is -2.04. The van der Waals surface area contributed by atoms with E-state index in [2.05, 4.69) is 5.18 Å². The number of nitroso groups, excluding NO2 is 1. The van der Waals surface area contributed by atoms with E-state index in [1.165, 1.54) is 0 Å². The summed E-state index contributed by atoms with van der Waals surface area (Å²) in [6.45, 7) is 0. The summed E-state index contributed by atoms with van der Waals surface area (Å²) in [6.07, 6.45) is 0. The van der Waals surface area contributed by atoms with Gasteiger partial charge in [-0.2, -0.15) is 0 Å². The number of phenols is 2. The Morgan fingerprint density at radius 2 is 1.71 bits per heavy atom. The quantitative estimate of drug-likeness (QED) is 0.535. The summed E-state index contributed by atoms with van der Waals surface area (Å²) in [4.78, 5) is 10.3. The number of rotatable bonds is 1. The average molecular weight is 189 g/mol. The van der Waals surface area contributed by atoms with Crippen molar-refractivity contribution >= 4 is 16.5 Å². The third kappa shape index (κ3) is 1.08. The van der Waals surface area contributed by atoms with Crippen molar-refractivity contribution in [3.8, 4) is 11.5 Å². The Balaban J connectivity index is 2.94. The number of hydrogen-bond donors (Lipinski definition) is 2. The first kappa shape index (κ1) is 8.50. The molecule has 0 aromatic heterocycles. The van der Waals surface area contributed by atoms with Gasteiger partial charge in [0.15, 0.2) is 11.4 Å². The summed E-state index contributed by atoms with van der Waals surface area (Å²) in [7, 11) is 0. The predicted molar refractivity (Wildman–Crippen MR) is 52.7 cm³/mol. The van der Waals surface area contributed by atoms with Gasteiger partial charge in [-0.1, -0.05) is 24.3 Å². The van der Waals surface area contributed by atoms with Gasteiger partial charge in [0.05, 0.1) is 0 Å². The molecule has 0 amide bonds. The molecule has 2 rings (SSSR count). The maximum atomic E-state index is 10.3. The van der Waals surface area contributed by atoms with Crippen LogP contribution in [-0.4, -0.2) is 10.2 Å². The molecule has 0 spiro atoms. The highest BCUT2D eigenvalue weighted by molar-refractivity contribution is 5.96. The van der Waals surface area contributed by atoms with Gasteiger partial charge in [0.2, 0.25) is 0 Å². The van der Waals surface area contributed by atoms with E-state index in [-0.39, 0.29) is 17.2 Å². The molecule has 0 radical (unpaired) electrons. The molecule has 0 bridgehead atoms. The van der Waals surface area contributed by atoms with Crippen LogP contribution in [-0.2, 0) is 0 Å². The minimum atomic E-state index is -0.201. The largest absolute Gasteiger partial charge is 0.507 e. The number of phenolic OH excluding ortho intramolecular Hbond substituents is 2. The Kier molecular flexibility index (Phi) is 1.81.